The Morgan fingerprint density at radius 1 is 0.512 bits per heavy atom. The molecule has 458 valence electrons. The molecule has 17 nitrogen and oxygen atoms in total. The first-order valence-corrected chi connectivity index (χ1v) is 33.8. The van der Waals surface area contributed by atoms with Crippen LogP contribution in [0.4, 0.5) is 0 Å². The average Bonchev–Trinajstić information content (AvgIpc) is 3.43. The van der Waals surface area contributed by atoms with E-state index in [9.17, 15) is 43.2 Å². The molecule has 3 amide bonds. The number of amides is 3. The summed E-state index contributed by atoms with van der Waals surface area (Å²) in [5.41, 5.74) is 0. The van der Waals surface area contributed by atoms with Gasteiger partial charge in [0.05, 0.1) is 38.2 Å². The number of phosphoric ester groups is 2. The fourth-order valence-electron chi connectivity index (χ4n) is 9.37. The molecular formula is C61H105N3O14P2. The maximum absolute atomic E-state index is 14.2. The number of aliphatic hydroxyl groups is 1. The minimum absolute atomic E-state index is 0.0139. The molecule has 6 N–H and O–H groups in total. The topological polar surface area (TPSA) is 245 Å². The van der Waals surface area contributed by atoms with E-state index < -0.39 is 64.3 Å². The summed E-state index contributed by atoms with van der Waals surface area (Å²) in [4.78, 5) is 73.3. The zero-order valence-corrected chi connectivity index (χ0v) is 51.0. The van der Waals surface area contributed by atoms with E-state index in [1.54, 1.807) is 60.7 Å². The number of aliphatic hydroxyl groups excluding tert-OH is 1. The molecule has 19 heteroatoms. The Morgan fingerprint density at radius 3 is 1.45 bits per heavy atom. The van der Waals surface area contributed by atoms with Crippen molar-refractivity contribution in [2.24, 2.45) is 0 Å². The number of hydrogen-bond acceptors (Lipinski definition) is 12. The first-order valence-electron chi connectivity index (χ1n) is 30.8. The summed E-state index contributed by atoms with van der Waals surface area (Å²) in [6.45, 7) is 5.72. The van der Waals surface area contributed by atoms with Gasteiger partial charge < -0.3 is 44.6 Å². The Hall–Kier alpha value is -3.82. The normalized spacial score (nSPS) is 13.2. The number of unbranched alkanes of at least 4 members (excludes halogenated alkanes) is 24. The molecule has 0 aliphatic carbocycles. The maximum Gasteiger partial charge on any atom is 0.587 e. The van der Waals surface area contributed by atoms with Crippen LogP contribution in [-0.4, -0.2) is 82.6 Å². The molecule has 0 heterocycles. The standard InChI is InChI=1S/C61H105N3O14P2/c1-4-7-10-13-16-19-22-25-30-39-53(65)49-58(66)63-52(51-75-79(70,71)72)38-37-47-62-61(69)57(46-48-74-80(73,77-54-40-32-28-33-41-54)78-55-42-34-29-35-43-55)64-59(67)50-56(44-31-26-23-20-17-14-11-8-5-2)76-60(68)45-36-27-24-21-18-15-12-9-6-3/h28-29,32-35,40-43,52-53,56-57,65H,4-27,30-31,36-39,44-51H2,1-3H3,(H,62,69)(H,63,66)(H,64,67)(H2,70,71,72)/t52-,53-,56-,57?/m1/s1. The zero-order chi connectivity index (χ0) is 58.4. The van der Waals surface area contributed by atoms with E-state index in [1.165, 1.54) is 96.3 Å². The van der Waals surface area contributed by atoms with Gasteiger partial charge in [-0.25, -0.2) is 9.13 Å². The van der Waals surface area contributed by atoms with Crippen molar-refractivity contribution in [1.29, 1.82) is 0 Å². The molecule has 0 radical (unpaired) electrons. The molecule has 0 saturated carbocycles. The summed E-state index contributed by atoms with van der Waals surface area (Å²) in [7, 11) is -9.29. The Bertz CT molecular complexity index is 1930. The molecule has 0 aliphatic rings. The molecule has 2 rings (SSSR count). The minimum Gasteiger partial charge on any atom is -0.462 e. The Balaban J connectivity index is 2.18. The van der Waals surface area contributed by atoms with E-state index in [2.05, 4.69) is 36.7 Å². The van der Waals surface area contributed by atoms with Gasteiger partial charge in [-0.2, -0.15) is 0 Å². The van der Waals surface area contributed by atoms with Gasteiger partial charge in [0.15, 0.2) is 0 Å². The Labute approximate surface area is 481 Å². The first kappa shape index (κ1) is 72.3. The van der Waals surface area contributed by atoms with Crippen LogP contribution in [-0.2, 0) is 42.1 Å². The smallest absolute Gasteiger partial charge is 0.462 e. The molecule has 2 aromatic rings. The van der Waals surface area contributed by atoms with Crippen LogP contribution in [0, 0.1) is 0 Å². The van der Waals surface area contributed by atoms with Crippen molar-refractivity contribution in [2.45, 2.75) is 270 Å². The molecule has 0 fully saturated rings. The van der Waals surface area contributed by atoms with E-state index >= 15 is 0 Å². The summed E-state index contributed by atoms with van der Waals surface area (Å²) in [5, 5.41) is 19.0. The lowest BCUT2D eigenvalue weighted by Crippen LogP contribution is -2.48. The van der Waals surface area contributed by atoms with Crippen LogP contribution in [0.1, 0.15) is 245 Å². The van der Waals surface area contributed by atoms with Crippen LogP contribution >= 0.6 is 15.6 Å². The number of esters is 1. The average molecular weight is 1170 g/mol. The molecule has 0 saturated heterocycles. The lowest BCUT2D eigenvalue weighted by atomic mass is 10.0. The SMILES string of the molecule is CCCCCCCCCCCC(=O)O[C@H](CCCCCCCCCCC)CC(=O)NC(CCOP(=O)(Oc1ccccc1)Oc1ccccc1)C(=O)NCCC[C@H](COP(=O)(O)O)NC(=O)C[C@H](O)CCCCCCCCCCC. The summed E-state index contributed by atoms with van der Waals surface area (Å²) >= 11 is 0. The fourth-order valence-corrected chi connectivity index (χ4v) is 11.0. The highest BCUT2D eigenvalue weighted by molar-refractivity contribution is 7.49. The molecule has 0 spiro atoms. The van der Waals surface area contributed by atoms with Gasteiger partial charge in [-0.05, 0) is 62.8 Å². The number of ether oxygens (including phenoxy) is 1. The monoisotopic (exact) mass is 1170 g/mol. The Morgan fingerprint density at radius 2 is 0.963 bits per heavy atom. The molecule has 2 aromatic carbocycles. The number of phosphoric acid groups is 2. The highest BCUT2D eigenvalue weighted by Crippen LogP contribution is 2.49. The third kappa shape index (κ3) is 40.4. The molecule has 0 bridgehead atoms. The lowest BCUT2D eigenvalue weighted by molar-refractivity contribution is -0.151. The number of rotatable bonds is 53. The minimum atomic E-state index is -4.90. The molecule has 80 heavy (non-hydrogen) atoms. The number of carbonyl (C=O) groups is 4. The quantitative estimate of drug-likeness (QED) is 0.0205. The van der Waals surface area contributed by atoms with Crippen LogP contribution in [0.5, 0.6) is 11.5 Å². The van der Waals surface area contributed by atoms with Crippen molar-refractivity contribution < 1.29 is 66.0 Å². The fraction of sp³-hybridized carbons (Fsp3) is 0.738. The van der Waals surface area contributed by atoms with Gasteiger partial charge in [0.1, 0.15) is 23.6 Å². The van der Waals surface area contributed by atoms with E-state index in [4.69, 9.17) is 22.8 Å². The summed E-state index contributed by atoms with van der Waals surface area (Å²) in [5.74, 6) is -1.59. The number of carbonyl (C=O) groups excluding carboxylic acids is 4. The van der Waals surface area contributed by atoms with Crippen molar-refractivity contribution in [3.63, 3.8) is 0 Å². The van der Waals surface area contributed by atoms with Gasteiger partial charge >= 0.3 is 21.6 Å². The molecule has 0 aromatic heterocycles. The second-order valence-electron chi connectivity index (χ2n) is 21.5. The van der Waals surface area contributed by atoms with E-state index in [1.807, 2.05) is 0 Å². The van der Waals surface area contributed by atoms with E-state index in [0.29, 0.717) is 19.3 Å². The Kier molecular flexibility index (Phi) is 42.1. The van der Waals surface area contributed by atoms with Gasteiger partial charge in [0.25, 0.3) is 0 Å². The number of para-hydroxylation sites is 2. The molecule has 0 aliphatic heterocycles. The highest BCUT2D eigenvalue weighted by Gasteiger charge is 2.33. The van der Waals surface area contributed by atoms with Gasteiger partial charge in [-0.1, -0.05) is 218 Å². The van der Waals surface area contributed by atoms with Crippen molar-refractivity contribution in [2.75, 3.05) is 19.8 Å². The van der Waals surface area contributed by atoms with Crippen LogP contribution in [0.3, 0.4) is 0 Å². The van der Waals surface area contributed by atoms with Crippen LogP contribution in [0.25, 0.3) is 0 Å². The van der Waals surface area contributed by atoms with Gasteiger partial charge in [-0.3, -0.25) is 28.2 Å². The van der Waals surface area contributed by atoms with Crippen LogP contribution in [0.15, 0.2) is 60.7 Å². The second-order valence-corrected chi connectivity index (χ2v) is 24.2. The van der Waals surface area contributed by atoms with E-state index in [-0.39, 0.29) is 69.1 Å². The highest BCUT2D eigenvalue weighted by atomic mass is 31.2. The third-order valence-corrected chi connectivity index (χ3v) is 15.8. The zero-order valence-electron chi connectivity index (χ0n) is 49.2. The number of benzene rings is 2. The van der Waals surface area contributed by atoms with Crippen LogP contribution < -0.4 is 25.0 Å². The second kappa shape index (κ2) is 46.6. The largest absolute Gasteiger partial charge is 0.587 e. The summed E-state index contributed by atoms with van der Waals surface area (Å²) in [6, 6.07) is 14.6. The van der Waals surface area contributed by atoms with Crippen molar-refractivity contribution in [3.8, 4) is 11.5 Å². The third-order valence-electron chi connectivity index (χ3n) is 14.0. The molecule has 1 unspecified atom stereocenters. The van der Waals surface area contributed by atoms with Crippen molar-refractivity contribution in [1.82, 2.24) is 16.0 Å². The number of nitrogens with one attached hydrogen (secondary N) is 3. The van der Waals surface area contributed by atoms with Gasteiger partial charge in [0.2, 0.25) is 17.7 Å². The lowest BCUT2D eigenvalue weighted by Gasteiger charge is -2.23. The predicted molar refractivity (Wildman–Crippen MR) is 317 cm³/mol. The maximum atomic E-state index is 14.2. The van der Waals surface area contributed by atoms with Gasteiger partial charge in [0, 0.05) is 19.4 Å². The summed E-state index contributed by atoms with van der Waals surface area (Å²) < 4.78 is 54.0. The van der Waals surface area contributed by atoms with Crippen molar-refractivity contribution >= 4 is 39.3 Å². The summed E-state index contributed by atoms with van der Waals surface area (Å²) in [6.07, 6.45) is 29.3. The van der Waals surface area contributed by atoms with Crippen molar-refractivity contribution in [3.05, 3.63) is 60.7 Å². The molecule has 4 atom stereocenters. The van der Waals surface area contributed by atoms with Crippen LogP contribution in [0.2, 0.25) is 0 Å². The van der Waals surface area contributed by atoms with E-state index in [0.717, 1.165) is 70.6 Å². The van der Waals surface area contributed by atoms with Gasteiger partial charge in [-0.15, -0.1) is 0 Å². The number of hydrogen-bond donors (Lipinski definition) is 6. The predicted octanol–water partition coefficient (Wildman–Crippen LogP) is 14.5. The first-order chi connectivity index (χ1) is 38.6. The molecular weight excluding hydrogens is 1060 g/mol.